The Morgan fingerprint density at radius 3 is 2.35 bits per heavy atom. The van der Waals surface area contributed by atoms with Crippen molar-refractivity contribution in [1.29, 1.82) is 0 Å². The van der Waals surface area contributed by atoms with Crippen molar-refractivity contribution in [3.05, 3.63) is 57.1 Å². The standard InChI is InChI=1S/C32H39N2O2S4/c1-9-33-23-15-25(35-5)29(37-7)17-27(23)39-31(33)13-21-11-19(3)12-22(20(21)4)14-32-34(10-2)24-16-26(36-6)30(38-8)18-28(24)40-32/h13-19H,9-12H2,1-8H3/q+1. The molecule has 0 fully saturated rings. The van der Waals surface area contributed by atoms with Crippen LogP contribution in [-0.2, 0) is 6.54 Å². The van der Waals surface area contributed by atoms with Crippen LogP contribution < -0.4 is 18.9 Å². The molecule has 3 aromatic rings. The molecule has 5 rings (SSSR count). The van der Waals surface area contributed by atoms with Crippen LogP contribution in [0, 0.1) is 5.92 Å². The van der Waals surface area contributed by atoms with Gasteiger partial charge in [-0.15, -0.1) is 23.5 Å². The third-order valence-electron chi connectivity index (χ3n) is 7.80. The molecular weight excluding hydrogens is 573 g/mol. The maximum absolute atomic E-state index is 5.71. The molecule has 1 atom stereocenters. The zero-order valence-electron chi connectivity index (χ0n) is 24.7. The number of thiazole rings is 1. The molecule has 1 aliphatic heterocycles. The second-order valence-corrected chi connectivity index (χ2v) is 14.0. The summed E-state index contributed by atoms with van der Waals surface area (Å²) in [7, 11) is 3.53. The van der Waals surface area contributed by atoms with Crippen molar-refractivity contribution >= 4 is 68.6 Å². The minimum absolute atomic E-state index is 0.599. The minimum atomic E-state index is 0.599. The summed E-state index contributed by atoms with van der Waals surface area (Å²) < 4.78 is 15.2. The number of anilines is 1. The third kappa shape index (κ3) is 5.44. The van der Waals surface area contributed by atoms with Crippen LogP contribution in [0.1, 0.15) is 45.5 Å². The number of allylic oxidation sites excluding steroid dienone is 4. The predicted octanol–water partition coefficient (Wildman–Crippen LogP) is 9.27. The summed E-state index contributed by atoms with van der Waals surface area (Å²) in [5.41, 5.74) is 6.82. The summed E-state index contributed by atoms with van der Waals surface area (Å²) in [6, 6.07) is 8.98. The van der Waals surface area contributed by atoms with Gasteiger partial charge in [0.25, 0.3) is 5.01 Å². The lowest BCUT2D eigenvalue weighted by Crippen LogP contribution is -2.33. The predicted molar refractivity (Wildman–Crippen MR) is 177 cm³/mol. The molecule has 4 nitrogen and oxygen atoms in total. The first-order valence-corrected chi connectivity index (χ1v) is 17.9. The lowest BCUT2D eigenvalue weighted by Gasteiger charge is -2.26. The van der Waals surface area contributed by atoms with Gasteiger partial charge in [0.05, 0.1) is 40.8 Å². The summed E-state index contributed by atoms with van der Waals surface area (Å²) in [6.45, 7) is 11.0. The normalized spacial score (nSPS) is 19.3. The quantitative estimate of drug-likeness (QED) is 0.186. The van der Waals surface area contributed by atoms with E-state index < -0.39 is 0 Å². The Morgan fingerprint density at radius 2 is 1.70 bits per heavy atom. The molecule has 0 spiro atoms. The molecule has 0 amide bonds. The highest BCUT2D eigenvalue weighted by atomic mass is 32.2. The van der Waals surface area contributed by atoms with Crippen molar-refractivity contribution in [3.8, 4) is 11.5 Å². The largest absolute Gasteiger partial charge is 0.496 e. The average molecular weight is 612 g/mol. The lowest BCUT2D eigenvalue weighted by molar-refractivity contribution is -0.665. The molecule has 2 aromatic carbocycles. The van der Waals surface area contributed by atoms with Crippen molar-refractivity contribution < 1.29 is 14.0 Å². The Hall–Kier alpha value is -2.00. The van der Waals surface area contributed by atoms with Crippen molar-refractivity contribution in [3.63, 3.8) is 0 Å². The second kappa shape index (κ2) is 12.5. The van der Waals surface area contributed by atoms with Crippen LogP contribution in [0.2, 0.25) is 0 Å². The first-order chi connectivity index (χ1) is 19.3. The molecule has 0 radical (unpaired) electrons. The highest BCUT2D eigenvalue weighted by molar-refractivity contribution is 8.03. The van der Waals surface area contributed by atoms with Gasteiger partial charge in [-0.3, -0.25) is 0 Å². The lowest BCUT2D eigenvalue weighted by atomic mass is 9.81. The summed E-state index contributed by atoms with van der Waals surface area (Å²) in [5, 5.41) is 2.62. The minimum Gasteiger partial charge on any atom is -0.496 e. The molecule has 0 N–H and O–H groups in total. The van der Waals surface area contributed by atoms with Crippen LogP contribution in [0.15, 0.2) is 66.8 Å². The Labute approximate surface area is 255 Å². The topological polar surface area (TPSA) is 25.6 Å². The van der Waals surface area contributed by atoms with E-state index in [-0.39, 0.29) is 0 Å². The van der Waals surface area contributed by atoms with E-state index in [1.165, 1.54) is 57.3 Å². The number of ether oxygens (including phenoxy) is 2. The first-order valence-electron chi connectivity index (χ1n) is 13.8. The van der Waals surface area contributed by atoms with Crippen LogP contribution in [0.4, 0.5) is 5.69 Å². The zero-order chi connectivity index (χ0) is 28.6. The van der Waals surface area contributed by atoms with Crippen molar-refractivity contribution in [2.24, 2.45) is 5.92 Å². The van der Waals surface area contributed by atoms with E-state index in [0.717, 1.165) is 37.4 Å². The number of nitrogens with zero attached hydrogens (tertiary/aromatic N) is 2. The average Bonchev–Trinajstić information content (AvgIpc) is 3.48. The number of benzene rings is 2. The Morgan fingerprint density at radius 1 is 1.00 bits per heavy atom. The van der Waals surface area contributed by atoms with E-state index in [9.17, 15) is 0 Å². The van der Waals surface area contributed by atoms with Gasteiger partial charge in [0.2, 0.25) is 5.52 Å². The van der Waals surface area contributed by atoms with E-state index in [1.54, 1.807) is 37.7 Å². The van der Waals surface area contributed by atoms with E-state index >= 15 is 0 Å². The molecule has 1 aliphatic carbocycles. The summed E-state index contributed by atoms with van der Waals surface area (Å²) in [5.74, 6) is 2.50. The van der Waals surface area contributed by atoms with Crippen LogP contribution in [0.3, 0.4) is 0 Å². The van der Waals surface area contributed by atoms with Gasteiger partial charge in [-0.1, -0.05) is 30.0 Å². The van der Waals surface area contributed by atoms with Gasteiger partial charge in [-0.05, 0) is 87.0 Å². The van der Waals surface area contributed by atoms with Crippen molar-refractivity contribution in [1.82, 2.24) is 0 Å². The Bertz CT molecular complexity index is 1540. The maximum Gasteiger partial charge on any atom is 0.263 e. The van der Waals surface area contributed by atoms with Crippen LogP contribution >= 0.6 is 46.6 Å². The monoisotopic (exact) mass is 611 g/mol. The fourth-order valence-corrected chi connectivity index (χ4v) is 9.43. The van der Waals surface area contributed by atoms with Crippen LogP contribution in [0.25, 0.3) is 16.3 Å². The molecule has 0 saturated carbocycles. The van der Waals surface area contributed by atoms with Crippen LogP contribution in [-0.4, -0.2) is 33.3 Å². The molecule has 0 bridgehead atoms. The summed E-state index contributed by atoms with van der Waals surface area (Å²) in [6.07, 6.45) is 11.3. The number of fused-ring (bicyclic) bond motifs is 2. The zero-order valence-corrected chi connectivity index (χ0v) is 28.0. The maximum atomic E-state index is 5.71. The second-order valence-electron chi connectivity index (χ2n) is 10.2. The van der Waals surface area contributed by atoms with Gasteiger partial charge in [-0.2, -0.15) is 4.57 Å². The van der Waals surface area contributed by atoms with E-state index in [4.69, 9.17) is 9.47 Å². The molecule has 40 heavy (non-hydrogen) atoms. The fourth-order valence-electron chi connectivity index (χ4n) is 5.69. The van der Waals surface area contributed by atoms with Gasteiger partial charge in [-0.25, -0.2) is 0 Å². The van der Waals surface area contributed by atoms with Gasteiger partial charge in [0.1, 0.15) is 22.7 Å². The van der Waals surface area contributed by atoms with Crippen molar-refractivity contribution in [2.75, 3.05) is 38.2 Å². The van der Waals surface area contributed by atoms with Gasteiger partial charge < -0.3 is 14.4 Å². The molecule has 0 saturated heterocycles. The summed E-state index contributed by atoms with van der Waals surface area (Å²) in [4.78, 5) is 6.12. The highest BCUT2D eigenvalue weighted by Crippen LogP contribution is 2.51. The molecule has 2 heterocycles. The molecular formula is C32H39N2O2S4+. The third-order valence-corrected chi connectivity index (χ3v) is 11.5. The SMILES string of the molecule is CCN1C(=CC2=C(C)C(=Cc3sc4cc(SC)c(OC)cc4[n+]3CC)CC(C)C2)Sc2cc(SC)c(OC)cc21. The number of aromatic nitrogens is 1. The Kier molecular flexibility index (Phi) is 9.20. The Balaban J connectivity index is 1.56. The van der Waals surface area contributed by atoms with Gasteiger partial charge in [0.15, 0.2) is 0 Å². The molecule has 1 unspecified atom stereocenters. The van der Waals surface area contributed by atoms with E-state index in [2.05, 4.69) is 86.1 Å². The highest BCUT2D eigenvalue weighted by Gasteiger charge is 2.29. The number of thioether (sulfide) groups is 3. The molecule has 1 aromatic heterocycles. The fraction of sp³-hybridized carbons (Fsp3) is 0.406. The number of hydrogen-bond donors (Lipinski definition) is 0. The number of aryl methyl sites for hydroxylation is 1. The molecule has 8 heteroatoms. The van der Waals surface area contributed by atoms with Gasteiger partial charge >= 0.3 is 0 Å². The van der Waals surface area contributed by atoms with Crippen LogP contribution in [0.5, 0.6) is 11.5 Å². The number of methoxy groups -OCH3 is 2. The van der Waals surface area contributed by atoms with Gasteiger partial charge in [0, 0.05) is 23.6 Å². The summed E-state index contributed by atoms with van der Waals surface area (Å²) >= 11 is 7.25. The molecule has 2 aliphatic rings. The number of rotatable bonds is 8. The molecule has 212 valence electrons. The van der Waals surface area contributed by atoms with E-state index in [1.807, 2.05) is 23.1 Å². The van der Waals surface area contributed by atoms with E-state index in [0.29, 0.717) is 5.92 Å². The smallest absolute Gasteiger partial charge is 0.263 e. The number of hydrogen-bond acceptors (Lipinski definition) is 7. The first kappa shape index (κ1) is 29.5. The van der Waals surface area contributed by atoms with Crippen molar-refractivity contribution in [2.45, 2.75) is 61.8 Å².